The van der Waals surface area contributed by atoms with Crippen molar-refractivity contribution in [2.24, 2.45) is 4.99 Å². The molecule has 1 aromatic carbocycles. The van der Waals surface area contributed by atoms with Crippen LogP contribution < -0.4 is 16.0 Å². The van der Waals surface area contributed by atoms with Gasteiger partial charge in [0.15, 0.2) is 5.96 Å². The number of aromatic nitrogens is 1. The quantitative estimate of drug-likeness (QED) is 0.403. The minimum Gasteiger partial charge on any atom is -0.356 e. The number of hydrogen-bond acceptors (Lipinski definition) is 3. The molecule has 0 aliphatic carbocycles. The van der Waals surface area contributed by atoms with Crippen LogP contribution in [0.3, 0.4) is 0 Å². The van der Waals surface area contributed by atoms with Crippen LogP contribution in [-0.4, -0.2) is 43.5 Å². The summed E-state index contributed by atoms with van der Waals surface area (Å²) in [7, 11) is 1.66. The fraction of sp³-hybridized carbons (Fsp3) is 0.278. The van der Waals surface area contributed by atoms with Gasteiger partial charge in [0.2, 0.25) is 0 Å². The molecule has 0 aliphatic heterocycles. The summed E-state index contributed by atoms with van der Waals surface area (Å²) in [6.07, 6.45) is 3.70. The van der Waals surface area contributed by atoms with E-state index in [4.69, 9.17) is 0 Å². The monoisotopic (exact) mass is 343 g/mol. The van der Waals surface area contributed by atoms with Gasteiger partial charge in [-0.3, -0.25) is 14.8 Å². The first-order chi connectivity index (χ1) is 12.2. The first kappa shape index (κ1) is 18.4. The molecule has 0 bridgehead atoms. The highest BCUT2D eigenvalue weighted by molar-refractivity contribution is 5.93. The van der Waals surface area contributed by atoms with Crippen LogP contribution in [0.1, 0.15) is 15.9 Å². The van der Waals surface area contributed by atoms with E-state index in [0.29, 0.717) is 43.1 Å². The zero-order chi connectivity index (χ0) is 17.9. The van der Waals surface area contributed by atoms with Crippen LogP contribution in [0.25, 0.3) is 0 Å². The molecule has 1 heterocycles. The molecular weight excluding hydrogens is 321 g/mol. The van der Waals surface area contributed by atoms with Gasteiger partial charge in [0.25, 0.3) is 5.91 Å². The second-order valence-electron chi connectivity index (χ2n) is 5.26. The topological polar surface area (TPSA) is 78.4 Å². The SMILES string of the molecule is CN=C(NCCNC(=O)c1cccnc1)NCCc1ccccc1F. The van der Waals surface area contributed by atoms with Crippen LogP contribution in [0.5, 0.6) is 0 Å². The second kappa shape index (κ2) is 10.0. The van der Waals surface area contributed by atoms with Gasteiger partial charge in [-0.2, -0.15) is 0 Å². The number of hydrogen-bond donors (Lipinski definition) is 3. The lowest BCUT2D eigenvalue weighted by Gasteiger charge is -2.12. The Morgan fingerprint density at radius 1 is 1.08 bits per heavy atom. The molecule has 6 nitrogen and oxygen atoms in total. The van der Waals surface area contributed by atoms with Gasteiger partial charge in [0.05, 0.1) is 5.56 Å². The molecule has 0 fully saturated rings. The van der Waals surface area contributed by atoms with Crippen LogP contribution >= 0.6 is 0 Å². The third kappa shape index (κ3) is 6.21. The Kier molecular flexibility index (Phi) is 7.37. The van der Waals surface area contributed by atoms with Crippen LogP contribution in [0.4, 0.5) is 4.39 Å². The first-order valence-corrected chi connectivity index (χ1v) is 8.07. The Morgan fingerprint density at radius 2 is 1.84 bits per heavy atom. The molecule has 0 radical (unpaired) electrons. The van der Waals surface area contributed by atoms with Gasteiger partial charge < -0.3 is 16.0 Å². The largest absolute Gasteiger partial charge is 0.356 e. The van der Waals surface area contributed by atoms with E-state index in [1.54, 1.807) is 37.5 Å². The summed E-state index contributed by atoms with van der Waals surface area (Å²) in [6, 6.07) is 10.1. The van der Waals surface area contributed by atoms with E-state index in [1.165, 1.54) is 12.3 Å². The molecule has 0 saturated heterocycles. The number of pyridine rings is 1. The lowest BCUT2D eigenvalue weighted by molar-refractivity contribution is 0.0954. The Labute approximate surface area is 146 Å². The van der Waals surface area contributed by atoms with Crippen LogP contribution in [0, 0.1) is 5.82 Å². The maximum absolute atomic E-state index is 13.5. The summed E-state index contributed by atoms with van der Waals surface area (Å²) in [5, 5.41) is 9.00. The molecule has 3 N–H and O–H groups in total. The average molecular weight is 343 g/mol. The Balaban J connectivity index is 1.65. The summed E-state index contributed by atoms with van der Waals surface area (Å²) in [5.74, 6) is 0.231. The van der Waals surface area contributed by atoms with Crippen molar-refractivity contribution in [3.8, 4) is 0 Å². The first-order valence-electron chi connectivity index (χ1n) is 8.07. The molecule has 7 heteroatoms. The maximum Gasteiger partial charge on any atom is 0.252 e. The lowest BCUT2D eigenvalue weighted by atomic mass is 10.1. The highest BCUT2D eigenvalue weighted by atomic mass is 19.1. The van der Waals surface area contributed by atoms with E-state index < -0.39 is 0 Å². The van der Waals surface area contributed by atoms with Crippen molar-refractivity contribution >= 4 is 11.9 Å². The molecule has 0 unspecified atom stereocenters. The second-order valence-corrected chi connectivity index (χ2v) is 5.26. The van der Waals surface area contributed by atoms with E-state index in [2.05, 4.69) is 25.9 Å². The van der Waals surface area contributed by atoms with Crippen LogP contribution in [-0.2, 0) is 6.42 Å². The highest BCUT2D eigenvalue weighted by Gasteiger charge is 2.04. The number of amides is 1. The fourth-order valence-electron chi connectivity index (χ4n) is 2.19. The van der Waals surface area contributed by atoms with Crippen molar-refractivity contribution in [3.05, 3.63) is 65.7 Å². The van der Waals surface area contributed by atoms with Gasteiger partial charge in [-0.1, -0.05) is 18.2 Å². The number of carbonyl (C=O) groups excluding carboxylic acids is 1. The third-order valence-electron chi connectivity index (χ3n) is 3.49. The van der Waals surface area contributed by atoms with Gasteiger partial charge in [-0.25, -0.2) is 4.39 Å². The highest BCUT2D eigenvalue weighted by Crippen LogP contribution is 2.05. The standard InChI is InChI=1S/C18H22FN5O/c1-20-18(23-10-8-14-5-2-3-7-16(14)19)24-12-11-22-17(25)15-6-4-9-21-13-15/h2-7,9,13H,8,10-12H2,1H3,(H,22,25)(H2,20,23,24). The van der Waals surface area contributed by atoms with Crippen molar-refractivity contribution in [2.75, 3.05) is 26.7 Å². The zero-order valence-corrected chi connectivity index (χ0v) is 14.1. The Bertz CT molecular complexity index is 706. The maximum atomic E-state index is 13.5. The average Bonchev–Trinajstić information content (AvgIpc) is 2.65. The minimum atomic E-state index is -0.203. The molecule has 132 valence electrons. The van der Waals surface area contributed by atoms with E-state index >= 15 is 0 Å². The van der Waals surface area contributed by atoms with Crippen molar-refractivity contribution in [2.45, 2.75) is 6.42 Å². The number of carbonyl (C=O) groups is 1. The molecule has 0 saturated carbocycles. The predicted octanol–water partition coefficient (Wildman–Crippen LogP) is 1.36. The van der Waals surface area contributed by atoms with Crippen LogP contribution in [0.2, 0.25) is 0 Å². The summed E-state index contributed by atoms with van der Waals surface area (Å²) < 4.78 is 13.5. The molecular formula is C18H22FN5O. The summed E-state index contributed by atoms with van der Waals surface area (Å²) in [4.78, 5) is 19.9. The molecule has 0 atom stereocenters. The summed E-state index contributed by atoms with van der Waals surface area (Å²) >= 11 is 0. The number of benzene rings is 1. The third-order valence-corrected chi connectivity index (χ3v) is 3.49. The van der Waals surface area contributed by atoms with Crippen molar-refractivity contribution in [3.63, 3.8) is 0 Å². The van der Waals surface area contributed by atoms with E-state index in [9.17, 15) is 9.18 Å². The number of aliphatic imine (C=N–C) groups is 1. The summed E-state index contributed by atoms with van der Waals surface area (Å²) in [6.45, 7) is 1.52. The number of nitrogens with one attached hydrogen (secondary N) is 3. The Morgan fingerprint density at radius 3 is 2.56 bits per heavy atom. The van der Waals surface area contributed by atoms with Crippen molar-refractivity contribution < 1.29 is 9.18 Å². The summed E-state index contributed by atoms with van der Waals surface area (Å²) in [5.41, 5.74) is 1.18. The minimum absolute atomic E-state index is 0.169. The predicted molar refractivity (Wildman–Crippen MR) is 96.0 cm³/mol. The van der Waals surface area contributed by atoms with E-state index in [0.717, 1.165) is 0 Å². The van der Waals surface area contributed by atoms with Gasteiger partial charge in [0, 0.05) is 39.1 Å². The fourth-order valence-corrected chi connectivity index (χ4v) is 2.19. The number of nitrogens with zero attached hydrogens (tertiary/aromatic N) is 2. The molecule has 1 amide bonds. The van der Waals surface area contributed by atoms with Gasteiger partial charge >= 0.3 is 0 Å². The van der Waals surface area contributed by atoms with Gasteiger partial charge in [-0.15, -0.1) is 0 Å². The molecule has 2 aromatic rings. The van der Waals surface area contributed by atoms with Crippen molar-refractivity contribution in [1.82, 2.24) is 20.9 Å². The molecule has 2 rings (SSSR count). The number of guanidine groups is 1. The zero-order valence-electron chi connectivity index (χ0n) is 14.1. The van der Waals surface area contributed by atoms with E-state index in [-0.39, 0.29) is 11.7 Å². The molecule has 0 spiro atoms. The normalized spacial score (nSPS) is 11.0. The molecule has 25 heavy (non-hydrogen) atoms. The molecule has 0 aliphatic rings. The van der Waals surface area contributed by atoms with Gasteiger partial charge in [0.1, 0.15) is 5.82 Å². The van der Waals surface area contributed by atoms with Crippen molar-refractivity contribution in [1.29, 1.82) is 0 Å². The van der Waals surface area contributed by atoms with E-state index in [1.807, 2.05) is 6.07 Å². The van der Waals surface area contributed by atoms with Crippen LogP contribution in [0.15, 0.2) is 53.8 Å². The smallest absolute Gasteiger partial charge is 0.252 e. The lowest BCUT2D eigenvalue weighted by Crippen LogP contribution is -2.42. The number of rotatable bonds is 7. The van der Waals surface area contributed by atoms with Gasteiger partial charge in [-0.05, 0) is 30.2 Å². The Hall–Kier alpha value is -2.96. The number of halogens is 1. The molecule has 1 aromatic heterocycles.